The van der Waals surface area contributed by atoms with Crippen LogP contribution >= 0.6 is 0 Å². The number of carbonyl (C=O) groups excluding carboxylic acids is 2. The maximum atomic E-state index is 11.2. The lowest BCUT2D eigenvalue weighted by molar-refractivity contribution is -0.120. The summed E-state index contributed by atoms with van der Waals surface area (Å²) in [4.78, 5) is 21.6. The Bertz CT molecular complexity index is 402. The normalized spacial score (nSPS) is 12.1. The van der Waals surface area contributed by atoms with Gasteiger partial charge >= 0.3 is 6.03 Å². The second kappa shape index (κ2) is 5.94. The van der Waals surface area contributed by atoms with Gasteiger partial charge in [0.25, 0.3) is 0 Å². The fourth-order valence-electron chi connectivity index (χ4n) is 1.34. The van der Waals surface area contributed by atoms with E-state index in [9.17, 15) is 9.59 Å². The zero-order valence-corrected chi connectivity index (χ0v) is 9.59. The van der Waals surface area contributed by atoms with Crippen LogP contribution in [0.5, 0.6) is 0 Å². The van der Waals surface area contributed by atoms with Crippen LogP contribution in [0, 0.1) is 0 Å². The SMILES string of the molecule is CCCC(N)c1cn(CC(=O)NC(N)=O)nn1. The number of rotatable bonds is 5. The highest BCUT2D eigenvalue weighted by Gasteiger charge is 2.11. The Morgan fingerprint density at radius 2 is 2.29 bits per heavy atom. The highest BCUT2D eigenvalue weighted by atomic mass is 16.2. The third kappa shape index (κ3) is 4.19. The number of carbonyl (C=O) groups is 2. The molecule has 1 aromatic heterocycles. The molecule has 0 aromatic carbocycles. The predicted molar refractivity (Wildman–Crippen MR) is 59.6 cm³/mol. The van der Waals surface area contributed by atoms with E-state index in [1.54, 1.807) is 6.20 Å². The number of nitrogens with two attached hydrogens (primary N) is 2. The number of nitrogens with zero attached hydrogens (tertiary/aromatic N) is 3. The molecule has 1 heterocycles. The topological polar surface area (TPSA) is 129 Å². The molecule has 0 saturated heterocycles. The molecule has 1 rings (SSSR count). The van der Waals surface area contributed by atoms with Crippen molar-refractivity contribution in [2.24, 2.45) is 11.5 Å². The Morgan fingerprint density at radius 3 is 2.88 bits per heavy atom. The standard InChI is InChI=1S/C9H16N6O2/c1-2-3-6(10)7-4-15(14-13-7)5-8(16)12-9(11)17/h4,6H,2-3,5,10H2,1H3,(H3,11,12,16,17). The van der Waals surface area contributed by atoms with Gasteiger partial charge in [-0.05, 0) is 6.42 Å². The Labute approximate surface area is 98.3 Å². The van der Waals surface area contributed by atoms with Crippen LogP contribution in [-0.2, 0) is 11.3 Å². The number of hydrogen-bond donors (Lipinski definition) is 3. The predicted octanol–water partition coefficient (Wildman–Crippen LogP) is -0.727. The van der Waals surface area contributed by atoms with Gasteiger partial charge in [0.1, 0.15) is 6.54 Å². The number of imide groups is 1. The number of urea groups is 1. The summed E-state index contributed by atoms with van der Waals surface area (Å²) in [5.41, 5.74) is 11.3. The Morgan fingerprint density at radius 1 is 1.59 bits per heavy atom. The molecule has 8 heteroatoms. The van der Waals surface area contributed by atoms with Crippen LogP contribution in [0.1, 0.15) is 31.5 Å². The molecule has 0 spiro atoms. The highest BCUT2D eigenvalue weighted by molar-refractivity contribution is 5.93. The van der Waals surface area contributed by atoms with Gasteiger partial charge in [0, 0.05) is 0 Å². The molecule has 1 aromatic rings. The molecule has 0 aliphatic carbocycles. The molecule has 5 N–H and O–H groups in total. The first kappa shape index (κ1) is 13.1. The molecule has 0 bridgehead atoms. The van der Waals surface area contributed by atoms with Crippen LogP contribution < -0.4 is 16.8 Å². The summed E-state index contributed by atoms with van der Waals surface area (Å²) in [6.07, 6.45) is 3.32. The third-order valence-electron chi connectivity index (χ3n) is 2.10. The molecule has 0 aliphatic heterocycles. The van der Waals surface area contributed by atoms with Crippen molar-refractivity contribution in [2.75, 3.05) is 0 Å². The largest absolute Gasteiger partial charge is 0.351 e. The van der Waals surface area contributed by atoms with E-state index in [0.717, 1.165) is 12.8 Å². The Balaban J connectivity index is 2.56. The van der Waals surface area contributed by atoms with E-state index < -0.39 is 11.9 Å². The van der Waals surface area contributed by atoms with Gasteiger partial charge in [-0.2, -0.15) is 0 Å². The van der Waals surface area contributed by atoms with Crippen molar-refractivity contribution in [1.29, 1.82) is 0 Å². The minimum atomic E-state index is -0.891. The zero-order chi connectivity index (χ0) is 12.8. The van der Waals surface area contributed by atoms with E-state index in [0.29, 0.717) is 5.69 Å². The average molecular weight is 240 g/mol. The molecular weight excluding hydrogens is 224 g/mol. The fourth-order valence-corrected chi connectivity index (χ4v) is 1.34. The molecule has 3 amide bonds. The van der Waals surface area contributed by atoms with E-state index in [-0.39, 0.29) is 12.6 Å². The molecule has 0 aliphatic rings. The van der Waals surface area contributed by atoms with Gasteiger partial charge in [-0.3, -0.25) is 10.1 Å². The van der Waals surface area contributed by atoms with Gasteiger partial charge < -0.3 is 11.5 Å². The van der Waals surface area contributed by atoms with Crippen LogP contribution in [0.15, 0.2) is 6.20 Å². The maximum absolute atomic E-state index is 11.2. The van der Waals surface area contributed by atoms with Crippen LogP contribution in [0.4, 0.5) is 4.79 Å². The van der Waals surface area contributed by atoms with E-state index in [1.807, 2.05) is 12.2 Å². The molecule has 1 atom stereocenters. The van der Waals surface area contributed by atoms with Crippen molar-refractivity contribution in [1.82, 2.24) is 20.3 Å². The molecule has 0 saturated carbocycles. The lowest BCUT2D eigenvalue weighted by Crippen LogP contribution is -2.37. The summed E-state index contributed by atoms with van der Waals surface area (Å²) >= 11 is 0. The van der Waals surface area contributed by atoms with Crippen LogP contribution in [0.25, 0.3) is 0 Å². The monoisotopic (exact) mass is 240 g/mol. The zero-order valence-electron chi connectivity index (χ0n) is 9.59. The Kier molecular flexibility index (Phi) is 4.58. The number of aromatic nitrogens is 3. The molecule has 94 valence electrons. The van der Waals surface area contributed by atoms with Crippen molar-refractivity contribution in [3.63, 3.8) is 0 Å². The molecule has 0 fully saturated rings. The number of amides is 3. The second-order valence-corrected chi connectivity index (χ2v) is 3.65. The van der Waals surface area contributed by atoms with E-state index in [4.69, 9.17) is 11.5 Å². The molecular formula is C9H16N6O2. The van der Waals surface area contributed by atoms with Gasteiger partial charge in [-0.15, -0.1) is 5.10 Å². The summed E-state index contributed by atoms with van der Waals surface area (Å²) in [6.45, 7) is 1.90. The summed E-state index contributed by atoms with van der Waals surface area (Å²) in [5, 5.41) is 9.53. The molecule has 1 unspecified atom stereocenters. The van der Waals surface area contributed by atoms with Crippen LogP contribution in [-0.4, -0.2) is 26.9 Å². The summed E-state index contributed by atoms with van der Waals surface area (Å²) in [6, 6.07) is -1.08. The number of primary amides is 1. The summed E-state index contributed by atoms with van der Waals surface area (Å²) in [5.74, 6) is -0.544. The van der Waals surface area contributed by atoms with Gasteiger partial charge in [0.15, 0.2) is 0 Å². The van der Waals surface area contributed by atoms with Crippen molar-refractivity contribution < 1.29 is 9.59 Å². The Hall–Kier alpha value is -1.96. The molecule has 17 heavy (non-hydrogen) atoms. The van der Waals surface area contributed by atoms with Gasteiger partial charge in [-0.25, -0.2) is 9.48 Å². The lowest BCUT2D eigenvalue weighted by Gasteiger charge is -2.04. The lowest BCUT2D eigenvalue weighted by atomic mass is 10.1. The van der Waals surface area contributed by atoms with Crippen molar-refractivity contribution in [2.45, 2.75) is 32.4 Å². The first-order valence-corrected chi connectivity index (χ1v) is 5.27. The van der Waals surface area contributed by atoms with E-state index in [1.165, 1.54) is 4.68 Å². The van der Waals surface area contributed by atoms with Gasteiger partial charge in [-0.1, -0.05) is 18.6 Å². The van der Waals surface area contributed by atoms with E-state index in [2.05, 4.69) is 10.3 Å². The van der Waals surface area contributed by atoms with Crippen molar-refractivity contribution in [3.05, 3.63) is 11.9 Å². The first-order valence-electron chi connectivity index (χ1n) is 5.27. The minimum Gasteiger partial charge on any atom is -0.351 e. The van der Waals surface area contributed by atoms with Gasteiger partial charge in [0.2, 0.25) is 5.91 Å². The maximum Gasteiger partial charge on any atom is 0.318 e. The van der Waals surface area contributed by atoms with Crippen molar-refractivity contribution in [3.8, 4) is 0 Å². The third-order valence-corrected chi connectivity index (χ3v) is 2.10. The number of nitrogens with one attached hydrogen (secondary N) is 1. The second-order valence-electron chi connectivity index (χ2n) is 3.65. The van der Waals surface area contributed by atoms with Crippen LogP contribution in [0.2, 0.25) is 0 Å². The minimum absolute atomic E-state index is 0.116. The molecule has 0 radical (unpaired) electrons. The summed E-state index contributed by atoms with van der Waals surface area (Å²) in [7, 11) is 0. The van der Waals surface area contributed by atoms with Crippen LogP contribution in [0.3, 0.4) is 0 Å². The van der Waals surface area contributed by atoms with E-state index >= 15 is 0 Å². The quantitative estimate of drug-likeness (QED) is 0.625. The highest BCUT2D eigenvalue weighted by Crippen LogP contribution is 2.11. The van der Waals surface area contributed by atoms with Crippen molar-refractivity contribution >= 4 is 11.9 Å². The first-order chi connectivity index (χ1) is 8.02. The molecule has 8 nitrogen and oxygen atoms in total. The fraction of sp³-hybridized carbons (Fsp3) is 0.556. The number of hydrogen-bond acceptors (Lipinski definition) is 5. The van der Waals surface area contributed by atoms with Gasteiger partial charge in [0.05, 0.1) is 17.9 Å². The smallest absolute Gasteiger partial charge is 0.318 e. The average Bonchev–Trinajstić information content (AvgIpc) is 2.65. The summed E-state index contributed by atoms with van der Waals surface area (Å²) < 4.78 is 1.31.